The van der Waals surface area contributed by atoms with Crippen LogP contribution < -0.4 is 9.47 Å². The fourth-order valence-electron chi connectivity index (χ4n) is 6.98. The number of likely N-dealkylation sites (tertiary alicyclic amines) is 1. The van der Waals surface area contributed by atoms with Crippen molar-refractivity contribution >= 4 is 11.9 Å². The molecule has 2 fully saturated rings. The van der Waals surface area contributed by atoms with Crippen LogP contribution in [0.4, 0.5) is 9.18 Å². The summed E-state index contributed by atoms with van der Waals surface area (Å²) in [5.41, 5.74) is 4.49. The number of methoxy groups -OCH3 is 2. The number of carbonyl (C=O) groups excluding carboxylic acids is 2. The molecule has 1 aromatic heterocycles. The second kappa shape index (κ2) is 10.5. The molecule has 2 saturated heterocycles. The Bertz CT molecular complexity index is 1570. The molecule has 3 amide bonds. The number of ether oxygens (including phenoxy) is 2. The molecule has 1 spiro atoms. The van der Waals surface area contributed by atoms with Crippen molar-refractivity contribution in [1.29, 1.82) is 0 Å². The Morgan fingerprint density at radius 2 is 1.83 bits per heavy atom. The molecule has 1 atom stereocenters. The molecule has 3 aliphatic heterocycles. The summed E-state index contributed by atoms with van der Waals surface area (Å²) < 4.78 is 26.4. The summed E-state index contributed by atoms with van der Waals surface area (Å²) in [5, 5.41) is 4.42. The third-order valence-corrected chi connectivity index (χ3v) is 9.10. The van der Waals surface area contributed by atoms with E-state index in [0.717, 1.165) is 22.6 Å². The van der Waals surface area contributed by atoms with Crippen molar-refractivity contribution in [3.8, 4) is 17.2 Å². The summed E-state index contributed by atoms with van der Waals surface area (Å²) in [7, 11) is 3.29. The first-order chi connectivity index (χ1) is 20.2. The summed E-state index contributed by atoms with van der Waals surface area (Å²) in [6, 6.07) is 9.91. The van der Waals surface area contributed by atoms with Gasteiger partial charge in [0.25, 0.3) is 5.91 Å². The van der Waals surface area contributed by atoms with Crippen molar-refractivity contribution in [1.82, 2.24) is 24.5 Å². The van der Waals surface area contributed by atoms with Crippen LogP contribution >= 0.6 is 0 Å². The first kappa shape index (κ1) is 27.8. The molecule has 3 aromatic rings. The molecule has 3 aliphatic rings. The van der Waals surface area contributed by atoms with Crippen molar-refractivity contribution in [3.63, 3.8) is 0 Å². The van der Waals surface area contributed by atoms with E-state index in [9.17, 15) is 14.0 Å². The molecule has 1 unspecified atom stereocenters. The maximum atomic E-state index is 13.9. The maximum absolute atomic E-state index is 13.9. The minimum absolute atomic E-state index is 0.0122. The average molecular weight is 574 g/mol. The maximum Gasteiger partial charge on any atom is 0.325 e. The second-order valence-electron chi connectivity index (χ2n) is 11.2. The Labute approximate surface area is 245 Å². The molecule has 42 heavy (non-hydrogen) atoms. The Kier molecular flexibility index (Phi) is 6.95. The molecule has 9 nitrogen and oxygen atoms in total. The number of amides is 3. The SMILES string of the molecule is CCN1C(=O)N2Cc3cc(OC)cc(OC)c3C(C)C=C2C12CCN(C(=O)c1cnn(-c3ccc(F)cc3)c1C)CC2. The molecule has 0 radical (unpaired) electrons. The van der Waals surface area contributed by atoms with Gasteiger partial charge in [-0.3, -0.25) is 9.69 Å². The van der Waals surface area contributed by atoms with Crippen LogP contribution in [0.3, 0.4) is 0 Å². The van der Waals surface area contributed by atoms with Gasteiger partial charge in [0, 0.05) is 42.9 Å². The van der Waals surface area contributed by atoms with Crippen LogP contribution in [-0.4, -0.2) is 75.8 Å². The predicted molar refractivity (Wildman–Crippen MR) is 155 cm³/mol. The van der Waals surface area contributed by atoms with Gasteiger partial charge in [0.1, 0.15) is 17.3 Å². The van der Waals surface area contributed by atoms with Crippen molar-refractivity contribution < 1.29 is 23.5 Å². The van der Waals surface area contributed by atoms with Crippen molar-refractivity contribution in [2.75, 3.05) is 33.9 Å². The minimum atomic E-state index is -0.496. The third-order valence-electron chi connectivity index (χ3n) is 9.10. The molecule has 0 bridgehead atoms. The molecule has 4 heterocycles. The normalized spacial score (nSPS) is 19.4. The lowest BCUT2D eigenvalue weighted by Crippen LogP contribution is -2.54. The molecular formula is C32H36FN5O4. The molecule has 2 aromatic carbocycles. The summed E-state index contributed by atoms with van der Waals surface area (Å²) in [6.07, 6.45) is 5.06. The molecule has 0 saturated carbocycles. The Morgan fingerprint density at radius 1 is 1.12 bits per heavy atom. The molecule has 0 aliphatic carbocycles. The Morgan fingerprint density at radius 3 is 2.48 bits per heavy atom. The lowest BCUT2D eigenvalue weighted by Gasteiger charge is -2.44. The smallest absolute Gasteiger partial charge is 0.325 e. The number of piperidine rings is 1. The zero-order chi connectivity index (χ0) is 29.8. The van der Waals surface area contributed by atoms with Crippen LogP contribution in [0.2, 0.25) is 0 Å². The van der Waals surface area contributed by atoms with Gasteiger partial charge in [-0.05, 0) is 62.6 Å². The number of fused-ring (bicyclic) bond motifs is 3. The highest BCUT2D eigenvalue weighted by Crippen LogP contribution is 2.49. The van der Waals surface area contributed by atoms with Gasteiger partial charge in [0.15, 0.2) is 0 Å². The van der Waals surface area contributed by atoms with Crippen LogP contribution in [0, 0.1) is 12.7 Å². The standard InChI is InChI=1S/C32H36FN5O4/c1-6-37-31(40)36-19-22-16-25(41-4)17-27(42-5)29(22)20(2)15-28(36)32(37)11-13-35(14-12-32)30(39)26-18-34-38(21(26)3)24-9-7-23(33)8-10-24/h7-10,15-18,20H,6,11-14,19H2,1-5H3. The van der Waals surface area contributed by atoms with E-state index in [2.05, 4.69) is 18.1 Å². The van der Waals surface area contributed by atoms with E-state index in [-0.39, 0.29) is 23.7 Å². The number of allylic oxidation sites excluding steroid dienone is 1. The average Bonchev–Trinajstić information content (AvgIpc) is 3.41. The van der Waals surface area contributed by atoms with Crippen molar-refractivity contribution in [2.45, 2.75) is 51.6 Å². The van der Waals surface area contributed by atoms with Gasteiger partial charge in [-0.25, -0.2) is 13.9 Å². The van der Waals surface area contributed by atoms with Gasteiger partial charge in [0.2, 0.25) is 0 Å². The zero-order valence-electron chi connectivity index (χ0n) is 24.7. The number of carbonyl (C=O) groups is 2. The van der Waals surface area contributed by atoms with E-state index in [1.54, 1.807) is 37.2 Å². The molecule has 6 rings (SSSR count). The van der Waals surface area contributed by atoms with Crippen LogP contribution in [0.25, 0.3) is 5.69 Å². The van der Waals surface area contributed by atoms with Crippen LogP contribution in [0.1, 0.15) is 59.8 Å². The van der Waals surface area contributed by atoms with Gasteiger partial charge < -0.3 is 19.3 Å². The number of hydrogen-bond donors (Lipinski definition) is 0. The van der Waals surface area contributed by atoms with E-state index in [1.165, 1.54) is 12.1 Å². The zero-order valence-corrected chi connectivity index (χ0v) is 24.7. The van der Waals surface area contributed by atoms with Crippen LogP contribution in [0.15, 0.2) is 54.4 Å². The summed E-state index contributed by atoms with van der Waals surface area (Å²) in [6.45, 7) is 8.02. The number of aromatic nitrogens is 2. The van der Waals surface area contributed by atoms with Gasteiger partial charge in [0.05, 0.1) is 49.4 Å². The first-order valence-electron chi connectivity index (χ1n) is 14.4. The molecule has 10 heteroatoms. The third kappa shape index (κ3) is 4.23. The van der Waals surface area contributed by atoms with Crippen LogP contribution in [0.5, 0.6) is 11.5 Å². The summed E-state index contributed by atoms with van der Waals surface area (Å²) >= 11 is 0. The second-order valence-corrected chi connectivity index (χ2v) is 11.2. The number of halogens is 1. The first-order valence-corrected chi connectivity index (χ1v) is 14.4. The van der Waals surface area contributed by atoms with E-state index < -0.39 is 5.54 Å². The number of nitrogens with zero attached hydrogens (tertiary/aromatic N) is 5. The lowest BCUT2D eigenvalue weighted by atomic mass is 9.82. The molecule has 220 valence electrons. The van der Waals surface area contributed by atoms with Gasteiger partial charge >= 0.3 is 6.03 Å². The topological polar surface area (TPSA) is 80.1 Å². The fourth-order valence-corrected chi connectivity index (χ4v) is 6.98. The number of urea groups is 1. The fraction of sp³-hybridized carbons (Fsp3) is 0.406. The molecular weight excluding hydrogens is 537 g/mol. The van der Waals surface area contributed by atoms with E-state index in [4.69, 9.17) is 9.47 Å². The Balaban J connectivity index is 1.28. The van der Waals surface area contributed by atoms with Crippen molar-refractivity contribution in [3.05, 3.63) is 82.6 Å². The number of rotatable bonds is 5. The summed E-state index contributed by atoms with van der Waals surface area (Å²) in [5.74, 6) is 1.04. The number of hydrogen-bond acceptors (Lipinski definition) is 5. The van der Waals surface area contributed by atoms with E-state index >= 15 is 0 Å². The van der Waals surface area contributed by atoms with Gasteiger partial charge in [-0.1, -0.05) is 13.0 Å². The predicted octanol–water partition coefficient (Wildman–Crippen LogP) is 5.27. The highest BCUT2D eigenvalue weighted by Gasteiger charge is 2.55. The van der Waals surface area contributed by atoms with Crippen LogP contribution in [-0.2, 0) is 6.54 Å². The highest BCUT2D eigenvalue weighted by atomic mass is 19.1. The molecule has 0 N–H and O–H groups in total. The number of benzene rings is 2. The van der Waals surface area contributed by atoms with E-state index in [1.807, 2.05) is 40.7 Å². The van der Waals surface area contributed by atoms with Gasteiger partial charge in [-0.2, -0.15) is 5.10 Å². The minimum Gasteiger partial charge on any atom is -0.497 e. The Hall–Kier alpha value is -4.34. The monoisotopic (exact) mass is 573 g/mol. The number of likely N-dealkylation sites (N-methyl/N-ethyl adjacent to an activating group) is 1. The van der Waals surface area contributed by atoms with Crippen molar-refractivity contribution in [2.24, 2.45) is 0 Å². The van der Waals surface area contributed by atoms with E-state index in [0.29, 0.717) is 61.7 Å². The quantitative estimate of drug-likeness (QED) is 0.416. The largest absolute Gasteiger partial charge is 0.497 e. The highest BCUT2D eigenvalue weighted by molar-refractivity contribution is 5.95. The van der Waals surface area contributed by atoms with Gasteiger partial charge in [-0.15, -0.1) is 0 Å². The summed E-state index contributed by atoms with van der Waals surface area (Å²) in [4.78, 5) is 33.3. The lowest BCUT2D eigenvalue weighted by molar-refractivity contribution is 0.0575.